The molecule has 2 rings (SSSR count). The molecular weight excluding hydrogens is 332 g/mol. The first-order valence-corrected chi connectivity index (χ1v) is 8.38. The van der Waals surface area contributed by atoms with Crippen molar-refractivity contribution in [1.82, 2.24) is 4.90 Å². The number of hydrogen-bond donors (Lipinski definition) is 1. The molecule has 1 fully saturated rings. The van der Waals surface area contributed by atoms with E-state index in [1.807, 2.05) is 19.1 Å². The number of rotatable bonds is 6. The Labute approximate surface area is 135 Å². The molecule has 2 atom stereocenters. The van der Waals surface area contributed by atoms with E-state index in [4.69, 9.17) is 15.2 Å². The summed E-state index contributed by atoms with van der Waals surface area (Å²) in [5.74, 6) is 0.910. The van der Waals surface area contributed by atoms with Gasteiger partial charge in [-0.2, -0.15) is 0 Å². The van der Waals surface area contributed by atoms with Crippen LogP contribution in [0.4, 0.5) is 0 Å². The second-order valence-electron chi connectivity index (χ2n) is 5.63. The highest BCUT2D eigenvalue weighted by Crippen LogP contribution is 2.25. The van der Waals surface area contributed by atoms with Gasteiger partial charge in [-0.05, 0) is 43.7 Å². The van der Waals surface area contributed by atoms with Gasteiger partial charge >= 0.3 is 0 Å². The topological polar surface area (TPSA) is 47.7 Å². The highest BCUT2D eigenvalue weighted by molar-refractivity contribution is 9.10. The zero-order valence-corrected chi connectivity index (χ0v) is 14.4. The lowest BCUT2D eigenvalue weighted by Gasteiger charge is -2.32. The van der Waals surface area contributed by atoms with E-state index in [9.17, 15) is 0 Å². The Balaban J connectivity index is 1.95. The fraction of sp³-hybridized carbons (Fsp3) is 0.625. The zero-order chi connectivity index (χ0) is 15.2. The maximum absolute atomic E-state index is 6.00. The van der Waals surface area contributed by atoms with Crippen molar-refractivity contribution in [2.24, 2.45) is 5.73 Å². The van der Waals surface area contributed by atoms with Gasteiger partial charge in [0.1, 0.15) is 18.5 Å². The molecule has 5 heteroatoms. The summed E-state index contributed by atoms with van der Waals surface area (Å²) >= 11 is 3.50. The van der Waals surface area contributed by atoms with Crippen molar-refractivity contribution in [2.45, 2.75) is 32.4 Å². The number of ether oxygens (including phenoxy) is 2. The minimum Gasteiger partial charge on any atom is -0.491 e. The van der Waals surface area contributed by atoms with Crippen LogP contribution in [-0.4, -0.2) is 49.9 Å². The van der Waals surface area contributed by atoms with Crippen molar-refractivity contribution >= 4 is 15.9 Å². The van der Waals surface area contributed by atoms with Gasteiger partial charge in [0.15, 0.2) is 0 Å². The summed E-state index contributed by atoms with van der Waals surface area (Å²) in [5, 5.41) is 0. The molecule has 0 bridgehead atoms. The van der Waals surface area contributed by atoms with Crippen LogP contribution in [0, 0.1) is 0 Å². The first-order valence-electron chi connectivity index (χ1n) is 7.59. The molecule has 2 N–H and O–H groups in total. The van der Waals surface area contributed by atoms with Crippen LogP contribution in [0.1, 0.15) is 19.4 Å². The van der Waals surface area contributed by atoms with Crippen LogP contribution in [0.2, 0.25) is 0 Å². The molecule has 4 nitrogen and oxygen atoms in total. The van der Waals surface area contributed by atoms with E-state index in [0.717, 1.165) is 48.4 Å². The summed E-state index contributed by atoms with van der Waals surface area (Å²) in [7, 11) is 0. The Morgan fingerprint density at radius 2 is 2.33 bits per heavy atom. The maximum Gasteiger partial charge on any atom is 0.122 e. The van der Waals surface area contributed by atoms with E-state index in [0.29, 0.717) is 6.61 Å². The molecule has 0 aliphatic carbocycles. The molecule has 0 aromatic heterocycles. The lowest BCUT2D eigenvalue weighted by atomic mass is 10.1. The largest absolute Gasteiger partial charge is 0.491 e. The van der Waals surface area contributed by atoms with E-state index < -0.39 is 0 Å². The van der Waals surface area contributed by atoms with Crippen molar-refractivity contribution in [3.63, 3.8) is 0 Å². The number of morpholine rings is 1. The van der Waals surface area contributed by atoms with Crippen LogP contribution >= 0.6 is 15.9 Å². The summed E-state index contributed by atoms with van der Waals surface area (Å²) in [6, 6.07) is 6.20. The van der Waals surface area contributed by atoms with Crippen molar-refractivity contribution in [3.05, 3.63) is 28.2 Å². The maximum atomic E-state index is 6.00. The molecule has 21 heavy (non-hydrogen) atoms. The molecule has 0 amide bonds. The van der Waals surface area contributed by atoms with Crippen LogP contribution in [0.5, 0.6) is 5.75 Å². The first kappa shape index (κ1) is 16.7. The number of nitrogens with zero attached hydrogens (tertiary/aromatic N) is 1. The summed E-state index contributed by atoms with van der Waals surface area (Å²) in [6.45, 7) is 8.58. The molecule has 1 aromatic rings. The minimum absolute atomic E-state index is 0.114. The smallest absolute Gasteiger partial charge is 0.122 e. The third-order valence-corrected chi connectivity index (χ3v) is 4.15. The minimum atomic E-state index is 0.114. The highest BCUT2D eigenvalue weighted by atomic mass is 79.9. The Hall–Kier alpha value is -0.620. The van der Waals surface area contributed by atoms with Crippen LogP contribution in [0.25, 0.3) is 0 Å². The third-order valence-electron chi connectivity index (χ3n) is 3.66. The number of likely N-dealkylation sites (N-methyl/N-ethyl adjacent to an activating group) is 1. The van der Waals surface area contributed by atoms with Crippen LogP contribution in [0.15, 0.2) is 22.7 Å². The van der Waals surface area contributed by atoms with Gasteiger partial charge in [-0.1, -0.05) is 22.9 Å². The Morgan fingerprint density at radius 1 is 1.52 bits per heavy atom. The van der Waals surface area contributed by atoms with Crippen molar-refractivity contribution in [1.29, 1.82) is 0 Å². The molecule has 1 aliphatic heterocycles. The summed E-state index contributed by atoms with van der Waals surface area (Å²) in [6.07, 6.45) is 0.951. The van der Waals surface area contributed by atoms with Crippen LogP contribution in [-0.2, 0) is 11.2 Å². The average Bonchev–Trinajstić information content (AvgIpc) is 2.46. The second-order valence-corrected chi connectivity index (χ2v) is 6.55. The summed E-state index contributed by atoms with van der Waals surface area (Å²) in [4.78, 5) is 2.39. The first-order chi connectivity index (χ1) is 10.1. The van der Waals surface area contributed by atoms with Crippen molar-refractivity contribution in [3.8, 4) is 5.75 Å². The van der Waals surface area contributed by atoms with Gasteiger partial charge in [0.2, 0.25) is 0 Å². The van der Waals surface area contributed by atoms with E-state index in [1.54, 1.807) is 0 Å². The Morgan fingerprint density at radius 3 is 3.05 bits per heavy atom. The predicted molar refractivity (Wildman–Crippen MR) is 88.8 cm³/mol. The molecule has 2 unspecified atom stereocenters. The van der Waals surface area contributed by atoms with E-state index >= 15 is 0 Å². The van der Waals surface area contributed by atoms with Gasteiger partial charge < -0.3 is 15.2 Å². The Bertz CT molecular complexity index is 454. The van der Waals surface area contributed by atoms with Gasteiger partial charge in [-0.25, -0.2) is 0 Å². The van der Waals surface area contributed by atoms with Crippen LogP contribution < -0.4 is 10.5 Å². The average molecular weight is 357 g/mol. The fourth-order valence-corrected chi connectivity index (χ4v) is 2.95. The predicted octanol–water partition coefficient (Wildman–Crippen LogP) is 2.44. The third kappa shape index (κ3) is 5.25. The second kappa shape index (κ2) is 8.13. The summed E-state index contributed by atoms with van der Waals surface area (Å²) < 4.78 is 12.8. The molecule has 1 heterocycles. The molecule has 0 radical (unpaired) electrons. The number of nitrogens with two attached hydrogens (primary N) is 1. The SMILES string of the molecule is CCN1CCOC(COc2ccc(Br)cc2CC(C)N)C1. The number of halogens is 1. The fourth-order valence-electron chi connectivity index (χ4n) is 2.55. The monoisotopic (exact) mass is 356 g/mol. The molecular formula is C16H25BrN2O2. The molecule has 1 aliphatic rings. The molecule has 118 valence electrons. The Kier molecular flexibility index (Phi) is 6.48. The zero-order valence-electron chi connectivity index (χ0n) is 12.8. The van der Waals surface area contributed by atoms with E-state index in [1.165, 1.54) is 0 Å². The molecule has 1 saturated heterocycles. The van der Waals surface area contributed by atoms with E-state index in [2.05, 4.69) is 33.8 Å². The molecule has 0 saturated carbocycles. The van der Waals surface area contributed by atoms with Gasteiger partial charge in [0.05, 0.1) is 6.61 Å². The van der Waals surface area contributed by atoms with Gasteiger partial charge in [0, 0.05) is 23.6 Å². The van der Waals surface area contributed by atoms with Crippen molar-refractivity contribution < 1.29 is 9.47 Å². The van der Waals surface area contributed by atoms with Crippen molar-refractivity contribution in [2.75, 3.05) is 32.8 Å². The lowest BCUT2D eigenvalue weighted by molar-refractivity contribution is -0.0465. The molecule has 0 spiro atoms. The van der Waals surface area contributed by atoms with Gasteiger partial charge in [0.25, 0.3) is 0 Å². The number of hydrogen-bond acceptors (Lipinski definition) is 4. The highest BCUT2D eigenvalue weighted by Gasteiger charge is 2.20. The summed E-state index contributed by atoms with van der Waals surface area (Å²) in [5.41, 5.74) is 7.06. The standard InChI is InChI=1S/C16H25BrN2O2/c1-3-19-6-7-20-15(10-19)11-21-16-5-4-14(17)9-13(16)8-12(2)18/h4-5,9,12,15H,3,6-8,10-11,18H2,1-2H3. The number of benzene rings is 1. The lowest BCUT2D eigenvalue weighted by Crippen LogP contribution is -2.44. The van der Waals surface area contributed by atoms with E-state index in [-0.39, 0.29) is 12.1 Å². The van der Waals surface area contributed by atoms with Gasteiger partial charge in [-0.3, -0.25) is 4.90 Å². The normalized spacial score (nSPS) is 21.2. The van der Waals surface area contributed by atoms with Crippen LogP contribution in [0.3, 0.4) is 0 Å². The molecule has 1 aromatic carbocycles. The van der Waals surface area contributed by atoms with Gasteiger partial charge in [-0.15, -0.1) is 0 Å². The quantitative estimate of drug-likeness (QED) is 0.850.